The van der Waals surface area contributed by atoms with Gasteiger partial charge in [-0.1, -0.05) is 0 Å². The predicted molar refractivity (Wildman–Crippen MR) is 68.1 cm³/mol. The van der Waals surface area contributed by atoms with Gasteiger partial charge < -0.3 is 14.7 Å². The van der Waals surface area contributed by atoms with Crippen molar-refractivity contribution in [2.75, 3.05) is 13.7 Å². The van der Waals surface area contributed by atoms with Crippen LogP contribution in [0.15, 0.2) is 18.2 Å². The van der Waals surface area contributed by atoms with Gasteiger partial charge in [-0.2, -0.15) is 0 Å². The van der Waals surface area contributed by atoms with E-state index in [2.05, 4.69) is 0 Å². The fourth-order valence-corrected chi connectivity index (χ4v) is 1.34. The Hall–Kier alpha value is -1.71. The van der Waals surface area contributed by atoms with Crippen LogP contribution in [0.25, 0.3) is 0 Å². The van der Waals surface area contributed by atoms with Gasteiger partial charge in [0.1, 0.15) is 0 Å². The van der Waals surface area contributed by atoms with Gasteiger partial charge in [-0.05, 0) is 39.0 Å². The molecule has 0 fully saturated rings. The fourth-order valence-electron chi connectivity index (χ4n) is 1.34. The summed E-state index contributed by atoms with van der Waals surface area (Å²) in [6, 6.07) is 5.35. The van der Waals surface area contributed by atoms with Gasteiger partial charge in [0.05, 0.1) is 13.7 Å². The molecule has 4 heteroatoms. The fraction of sp³-hybridized carbons (Fsp3) is 0.462. The Morgan fingerprint density at radius 2 is 2.06 bits per heavy atom. The molecule has 0 amide bonds. The zero-order valence-electron chi connectivity index (χ0n) is 10.8. The third-order valence-electron chi connectivity index (χ3n) is 2.27. The van der Waals surface area contributed by atoms with E-state index >= 15 is 0 Å². The molecule has 17 heavy (non-hydrogen) atoms. The van der Waals surface area contributed by atoms with Crippen LogP contribution in [0.5, 0.6) is 11.5 Å². The third kappa shape index (κ3) is 3.66. The molecule has 0 spiro atoms. The molecule has 0 saturated heterocycles. The first kappa shape index (κ1) is 13.4. The first-order valence-corrected chi connectivity index (χ1v) is 5.69. The minimum absolute atomic E-state index is 0.0763. The third-order valence-corrected chi connectivity index (χ3v) is 2.27. The van der Waals surface area contributed by atoms with E-state index in [0.717, 1.165) is 10.3 Å². The first-order chi connectivity index (χ1) is 8.08. The van der Waals surface area contributed by atoms with Crippen molar-refractivity contribution in [3.63, 3.8) is 0 Å². The molecule has 0 unspecified atom stereocenters. The Balaban J connectivity index is 3.03. The molecule has 1 rings (SSSR count). The van der Waals surface area contributed by atoms with Crippen LogP contribution in [0.1, 0.15) is 26.3 Å². The van der Waals surface area contributed by atoms with Crippen LogP contribution in [-0.2, 0) is 0 Å². The van der Waals surface area contributed by atoms with E-state index in [0.29, 0.717) is 18.1 Å². The van der Waals surface area contributed by atoms with Gasteiger partial charge in [-0.3, -0.25) is 0 Å². The molecule has 0 heterocycles. The van der Waals surface area contributed by atoms with Gasteiger partial charge in [0.2, 0.25) is 0 Å². The lowest BCUT2D eigenvalue weighted by molar-refractivity contribution is -0.487. The van der Waals surface area contributed by atoms with Gasteiger partial charge in [0, 0.05) is 5.56 Å². The highest BCUT2D eigenvalue weighted by Gasteiger charge is 2.07. The molecule has 0 bridgehead atoms. The number of hydrogen-bond donors (Lipinski definition) is 0. The Bertz CT molecular complexity index is 400. The number of hydrogen-bond acceptors (Lipinski definition) is 3. The molecule has 1 aromatic carbocycles. The molecule has 0 aliphatic carbocycles. The molecule has 0 aliphatic rings. The summed E-state index contributed by atoms with van der Waals surface area (Å²) in [5.41, 5.74) is 0.804. The summed E-state index contributed by atoms with van der Waals surface area (Å²) in [4.78, 5) is 0. The molecular weight excluding hydrogens is 218 g/mol. The van der Waals surface area contributed by atoms with Gasteiger partial charge in [-0.25, -0.2) is 4.74 Å². The molecule has 0 saturated carbocycles. The molecule has 0 N–H and O–H groups in total. The maximum atomic E-state index is 11.5. The van der Waals surface area contributed by atoms with E-state index in [-0.39, 0.29) is 6.04 Å². The van der Waals surface area contributed by atoms with Crippen LogP contribution >= 0.6 is 0 Å². The van der Waals surface area contributed by atoms with Crippen LogP contribution in [-0.4, -0.2) is 30.7 Å². The Kier molecular flexibility index (Phi) is 4.82. The van der Waals surface area contributed by atoms with Crippen molar-refractivity contribution in [2.45, 2.75) is 26.8 Å². The minimum atomic E-state index is -0.0763. The van der Waals surface area contributed by atoms with Crippen LogP contribution < -0.4 is 9.47 Å². The monoisotopic (exact) mass is 237 g/mol. The number of methoxy groups -OCH3 is 1. The average Bonchev–Trinajstić information content (AvgIpc) is 2.29. The highest BCUT2D eigenvalue weighted by molar-refractivity contribution is 5.77. The van der Waals surface area contributed by atoms with Crippen LogP contribution in [0.4, 0.5) is 0 Å². The maximum Gasteiger partial charge on any atom is 0.182 e. The van der Waals surface area contributed by atoms with Gasteiger partial charge in [0.15, 0.2) is 23.8 Å². The normalized spacial score (nSPS) is 11.7. The lowest BCUT2D eigenvalue weighted by atomic mass is 10.2. The summed E-state index contributed by atoms with van der Waals surface area (Å²) in [6.45, 7) is 6.15. The second kappa shape index (κ2) is 6.13. The number of ether oxygens (including phenoxy) is 2. The van der Waals surface area contributed by atoms with Crippen LogP contribution in [0, 0.1) is 5.21 Å². The summed E-state index contributed by atoms with van der Waals surface area (Å²) < 4.78 is 11.5. The lowest BCUT2D eigenvalue weighted by Gasteiger charge is -2.10. The Morgan fingerprint density at radius 1 is 1.35 bits per heavy atom. The number of rotatable bonds is 5. The number of benzene rings is 1. The van der Waals surface area contributed by atoms with Crippen molar-refractivity contribution in [3.05, 3.63) is 29.0 Å². The second-order valence-corrected chi connectivity index (χ2v) is 3.93. The largest absolute Gasteiger partial charge is 0.624 e. The molecule has 0 aliphatic heterocycles. The standard InChI is InChI=1S/C13H19NO3/c1-5-17-13-8-11(6-7-12(13)16-4)9-14(15)10(2)3/h6-10H,5H2,1-4H3. The summed E-state index contributed by atoms with van der Waals surface area (Å²) in [7, 11) is 1.59. The van der Waals surface area contributed by atoms with Gasteiger partial charge in [-0.15, -0.1) is 0 Å². The van der Waals surface area contributed by atoms with E-state index in [1.807, 2.05) is 26.8 Å². The topological polar surface area (TPSA) is 44.5 Å². The smallest absolute Gasteiger partial charge is 0.182 e. The molecular formula is C13H19NO3. The van der Waals surface area contributed by atoms with E-state index < -0.39 is 0 Å². The van der Waals surface area contributed by atoms with Gasteiger partial charge >= 0.3 is 0 Å². The zero-order valence-corrected chi connectivity index (χ0v) is 10.8. The van der Waals surface area contributed by atoms with E-state index in [1.165, 1.54) is 0 Å². The van der Waals surface area contributed by atoms with Crippen molar-refractivity contribution in [1.82, 2.24) is 0 Å². The van der Waals surface area contributed by atoms with E-state index in [1.54, 1.807) is 25.5 Å². The molecule has 1 aromatic rings. The van der Waals surface area contributed by atoms with Crippen LogP contribution in [0.2, 0.25) is 0 Å². The van der Waals surface area contributed by atoms with Crippen molar-refractivity contribution < 1.29 is 14.2 Å². The lowest BCUT2D eigenvalue weighted by Crippen LogP contribution is -2.15. The minimum Gasteiger partial charge on any atom is -0.624 e. The molecule has 0 atom stereocenters. The highest BCUT2D eigenvalue weighted by Crippen LogP contribution is 2.27. The molecule has 4 nitrogen and oxygen atoms in total. The van der Waals surface area contributed by atoms with Crippen molar-refractivity contribution in [3.8, 4) is 11.5 Å². The Morgan fingerprint density at radius 3 is 2.59 bits per heavy atom. The summed E-state index contributed by atoms with van der Waals surface area (Å²) in [5, 5.41) is 11.5. The quantitative estimate of drug-likeness (QED) is 0.342. The molecule has 0 aromatic heterocycles. The first-order valence-electron chi connectivity index (χ1n) is 5.69. The predicted octanol–water partition coefficient (Wildman–Crippen LogP) is 2.43. The highest BCUT2D eigenvalue weighted by atomic mass is 16.5. The van der Waals surface area contributed by atoms with Crippen molar-refractivity contribution in [2.24, 2.45) is 0 Å². The maximum absolute atomic E-state index is 11.5. The molecule has 94 valence electrons. The Labute approximate surface area is 102 Å². The van der Waals surface area contributed by atoms with E-state index in [9.17, 15) is 5.21 Å². The summed E-state index contributed by atoms with van der Waals surface area (Å²) in [6.07, 6.45) is 1.55. The average molecular weight is 237 g/mol. The summed E-state index contributed by atoms with van der Waals surface area (Å²) >= 11 is 0. The summed E-state index contributed by atoms with van der Waals surface area (Å²) in [5.74, 6) is 1.33. The second-order valence-electron chi connectivity index (χ2n) is 3.93. The number of hydroxylamine groups is 1. The zero-order chi connectivity index (χ0) is 12.8. The van der Waals surface area contributed by atoms with Gasteiger partial charge in [0.25, 0.3) is 0 Å². The van der Waals surface area contributed by atoms with E-state index in [4.69, 9.17) is 9.47 Å². The molecule has 0 radical (unpaired) electrons. The van der Waals surface area contributed by atoms with Crippen molar-refractivity contribution in [1.29, 1.82) is 0 Å². The van der Waals surface area contributed by atoms with Crippen molar-refractivity contribution >= 4 is 6.21 Å². The van der Waals surface area contributed by atoms with Crippen LogP contribution in [0.3, 0.4) is 0 Å². The number of nitrogens with zero attached hydrogens (tertiary/aromatic N) is 1. The SMILES string of the molecule is CCOc1cc(C=[N+]([O-])C(C)C)ccc1OC.